The Bertz CT molecular complexity index is 415. The van der Waals surface area contributed by atoms with E-state index in [0.29, 0.717) is 0 Å². The fraction of sp³-hybridized carbons (Fsp3) is 0.100. The van der Waals surface area contributed by atoms with Gasteiger partial charge >= 0.3 is 0 Å². The van der Waals surface area contributed by atoms with Crippen LogP contribution >= 0.6 is 12.4 Å². The Morgan fingerprint density at radius 3 is 2.67 bits per heavy atom. The molecule has 0 saturated carbocycles. The van der Waals surface area contributed by atoms with E-state index in [1.807, 2.05) is 0 Å². The molecule has 0 fully saturated rings. The van der Waals surface area contributed by atoms with Gasteiger partial charge < -0.3 is 10.8 Å². The molecule has 1 aromatic rings. The van der Waals surface area contributed by atoms with Gasteiger partial charge in [0.15, 0.2) is 0 Å². The molecule has 1 rings (SSSR count). The van der Waals surface area contributed by atoms with Crippen molar-refractivity contribution in [3.8, 4) is 11.8 Å². The van der Waals surface area contributed by atoms with Crippen molar-refractivity contribution in [2.75, 3.05) is 0 Å². The fourth-order valence-corrected chi connectivity index (χ4v) is 1.08. The van der Waals surface area contributed by atoms with E-state index in [1.165, 1.54) is 12.1 Å². The second-order valence-corrected chi connectivity index (χ2v) is 2.73. The van der Waals surface area contributed by atoms with Crippen molar-refractivity contribution in [3.63, 3.8) is 0 Å². The number of rotatable bonds is 2. The Morgan fingerprint density at radius 2 is 2.20 bits per heavy atom. The van der Waals surface area contributed by atoms with E-state index in [1.54, 1.807) is 6.07 Å². The Hall–Kier alpha value is -1.57. The molecule has 1 atom stereocenters. The quantitative estimate of drug-likeness (QED) is 0.761. The second-order valence-electron chi connectivity index (χ2n) is 2.73. The first-order valence-electron chi connectivity index (χ1n) is 3.91. The van der Waals surface area contributed by atoms with E-state index in [2.05, 4.69) is 6.58 Å². The third kappa shape index (κ3) is 2.46. The predicted molar refractivity (Wildman–Crippen MR) is 57.2 cm³/mol. The number of nitrogens with zero attached hydrogens (tertiary/aromatic N) is 1. The van der Waals surface area contributed by atoms with Gasteiger partial charge in [0.1, 0.15) is 23.2 Å². The number of halogens is 2. The highest BCUT2D eigenvalue weighted by Crippen LogP contribution is 2.28. The van der Waals surface area contributed by atoms with Crippen LogP contribution in [-0.2, 0) is 0 Å². The summed E-state index contributed by atoms with van der Waals surface area (Å²) in [5.74, 6) is -1.18. The lowest BCUT2D eigenvalue weighted by Gasteiger charge is -2.10. The van der Waals surface area contributed by atoms with E-state index >= 15 is 0 Å². The second kappa shape index (κ2) is 5.35. The molecule has 0 unspecified atom stereocenters. The minimum atomic E-state index is -0.759. The Balaban J connectivity index is 0.00000196. The summed E-state index contributed by atoms with van der Waals surface area (Å²) in [6.07, 6.45) is 1.40. The zero-order valence-electron chi connectivity index (χ0n) is 7.77. The molecule has 0 radical (unpaired) electrons. The molecule has 5 heteroatoms. The van der Waals surface area contributed by atoms with Crippen LogP contribution in [0.2, 0.25) is 0 Å². The predicted octanol–water partition coefficient (Wildman–Crippen LogP) is 2.01. The number of aromatic hydroxyl groups is 1. The number of benzene rings is 1. The molecule has 0 amide bonds. The normalized spacial score (nSPS) is 11.0. The van der Waals surface area contributed by atoms with Crippen LogP contribution in [0.1, 0.15) is 17.2 Å². The lowest BCUT2D eigenvalue weighted by molar-refractivity contribution is 0.457. The Kier molecular flexibility index (Phi) is 4.79. The highest BCUT2D eigenvalue weighted by molar-refractivity contribution is 5.85. The average molecular weight is 229 g/mol. The molecule has 0 aliphatic rings. The van der Waals surface area contributed by atoms with Gasteiger partial charge in [-0.15, -0.1) is 19.0 Å². The molecule has 15 heavy (non-hydrogen) atoms. The van der Waals surface area contributed by atoms with Gasteiger partial charge in [-0.05, 0) is 6.07 Å². The van der Waals surface area contributed by atoms with Gasteiger partial charge in [-0.2, -0.15) is 5.26 Å². The number of phenolic OH excluding ortho intramolecular Hbond substituents is 1. The smallest absolute Gasteiger partial charge is 0.144 e. The van der Waals surface area contributed by atoms with Crippen molar-refractivity contribution >= 4 is 12.4 Å². The highest BCUT2D eigenvalue weighted by atomic mass is 35.5. The summed E-state index contributed by atoms with van der Waals surface area (Å²) in [7, 11) is 0. The number of nitrogens with two attached hydrogens (primary N) is 1. The van der Waals surface area contributed by atoms with Crippen LogP contribution in [0.25, 0.3) is 0 Å². The number of nitriles is 1. The highest BCUT2D eigenvalue weighted by Gasteiger charge is 2.15. The standard InChI is InChI=1S/C10H9FN2O.ClH/c1-2-9(13)6-3-4-8(11)7(5-12)10(6)14;/h2-4,9,14H,1,13H2;1H/t9-;/m0./s1. The summed E-state index contributed by atoms with van der Waals surface area (Å²) in [6, 6.07) is 3.38. The molecule has 0 heterocycles. The molecule has 80 valence electrons. The van der Waals surface area contributed by atoms with E-state index < -0.39 is 17.6 Å². The minimum Gasteiger partial charge on any atom is -0.506 e. The van der Waals surface area contributed by atoms with Crippen LogP contribution in [0.3, 0.4) is 0 Å². The van der Waals surface area contributed by atoms with Gasteiger partial charge in [-0.25, -0.2) is 4.39 Å². The average Bonchev–Trinajstić information content (AvgIpc) is 2.18. The van der Waals surface area contributed by atoms with Crippen molar-refractivity contribution in [3.05, 3.63) is 41.7 Å². The molecular formula is C10H10ClFN2O. The third-order valence-electron chi connectivity index (χ3n) is 1.88. The van der Waals surface area contributed by atoms with Crippen LogP contribution in [0.15, 0.2) is 24.8 Å². The SMILES string of the molecule is C=C[C@H](N)c1ccc(F)c(C#N)c1O.Cl. The largest absolute Gasteiger partial charge is 0.506 e. The molecule has 0 aromatic heterocycles. The number of phenols is 1. The zero-order chi connectivity index (χ0) is 10.7. The maximum Gasteiger partial charge on any atom is 0.144 e. The van der Waals surface area contributed by atoms with Gasteiger partial charge in [0, 0.05) is 5.56 Å². The first-order valence-corrected chi connectivity index (χ1v) is 3.91. The van der Waals surface area contributed by atoms with Crippen LogP contribution < -0.4 is 5.73 Å². The fourth-order valence-electron chi connectivity index (χ4n) is 1.08. The van der Waals surface area contributed by atoms with E-state index in [4.69, 9.17) is 11.0 Å². The summed E-state index contributed by atoms with van der Waals surface area (Å²) in [6.45, 7) is 3.44. The van der Waals surface area contributed by atoms with Crippen molar-refractivity contribution < 1.29 is 9.50 Å². The summed E-state index contributed by atoms with van der Waals surface area (Å²) in [5, 5.41) is 18.0. The maximum atomic E-state index is 12.9. The van der Waals surface area contributed by atoms with Gasteiger partial charge in [0.25, 0.3) is 0 Å². The molecule has 0 saturated heterocycles. The van der Waals surface area contributed by atoms with Crippen molar-refractivity contribution in [1.82, 2.24) is 0 Å². The van der Waals surface area contributed by atoms with Gasteiger partial charge in [-0.3, -0.25) is 0 Å². The van der Waals surface area contributed by atoms with Crippen LogP contribution in [-0.4, -0.2) is 5.11 Å². The Morgan fingerprint density at radius 1 is 1.60 bits per heavy atom. The maximum absolute atomic E-state index is 12.9. The van der Waals surface area contributed by atoms with Crippen molar-refractivity contribution in [1.29, 1.82) is 5.26 Å². The summed E-state index contributed by atoms with van der Waals surface area (Å²) in [4.78, 5) is 0. The van der Waals surface area contributed by atoms with Crippen LogP contribution in [0, 0.1) is 17.1 Å². The molecule has 3 N–H and O–H groups in total. The van der Waals surface area contributed by atoms with Gasteiger partial charge in [-0.1, -0.05) is 12.1 Å². The topological polar surface area (TPSA) is 70.0 Å². The summed E-state index contributed by atoms with van der Waals surface area (Å²) < 4.78 is 12.9. The monoisotopic (exact) mass is 228 g/mol. The first kappa shape index (κ1) is 13.4. The number of hydrogen-bond acceptors (Lipinski definition) is 3. The third-order valence-corrected chi connectivity index (χ3v) is 1.88. The lowest BCUT2D eigenvalue weighted by Crippen LogP contribution is -2.07. The number of hydrogen-bond donors (Lipinski definition) is 2. The van der Waals surface area contributed by atoms with Crippen molar-refractivity contribution in [2.24, 2.45) is 5.73 Å². The van der Waals surface area contributed by atoms with Crippen LogP contribution in [0.5, 0.6) is 5.75 Å². The zero-order valence-corrected chi connectivity index (χ0v) is 8.59. The Labute approximate surface area is 93.0 Å². The van der Waals surface area contributed by atoms with E-state index in [9.17, 15) is 9.50 Å². The first-order chi connectivity index (χ1) is 6.61. The molecule has 1 aromatic carbocycles. The molecular weight excluding hydrogens is 219 g/mol. The van der Waals surface area contributed by atoms with E-state index in [-0.39, 0.29) is 23.5 Å². The minimum absolute atomic E-state index is 0. The molecule has 3 nitrogen and oxygen atoms in total. The van der Waals surface area contributed by atoms with Crippen LogP contribution in [0.4, 0.5) is 4.39 Å². The summed E-state index contributed by atoms with van der Waals surface area (Å²) >= 11 is 0. The van der Waals surface area contributed by atoms with E-state index in [0.717, 1.165) is 6.07 Å². The molecule has 0 spiro atoms. The van der Waals surface area contributed by atoms with Gasteiger partial charge in [0.05, 0.1) is 6.04 Å². The lowest BCUT2D eigenvalue weighted by atomic mass is 10.0. The molecule has 0 aliphatic heterocycles. The molecule has 0 bridgehead atoms. The van der Waals surface area contributed by atoms with Crippen molar-refractivity contribution in [2.45, 2.75) is 6.04 Å². The summed E-state index contributed by atoms with van der Waals surface area (Å²) in [5.41, 5.74) is 5.46. The van der Waals surface area contributed by atoms with Gasteiger partial charge in [0.2, 0.25) is 0 Å². The molecule has 0 aliphatic carbocycles.